The number of aryl methyl sites for hydroxylation is 1. The van der Waals surface area contributed by atoms with Crippen LogP contribution in [0.15, 0.2) is 84.9 Å². The molecule has 2 N–H and O–H groups in total. The maximum Gasteiger partial charge on any atom is 0.0382 e. The number of hydrogen-bond acceptors (Lipinski definition) is 3. The maximum atomic E-state index is 3.96. The van der Waals surface area contributed by atoms with Gasteiger partial charge in [-0.1, -0.05) is 74.9 Å². The Morgan fingerprint density at radius 1 is 1.14 bits per heavy atom. The molecule has 0 aliphatic heterocycles. The zero-order chi connectivity index (χ0) is 21.5. The summed E-state index contributed by atoms with van der Waals surface area (Å²) in [6, 6.07) is 12.5. The predicted octanol–water partition coefficient (Wildman–Crippen LogP) is 6.66. The van der Waals surface area contributed by atoms with Crippen LogP contribution >= 0.6 is 0 Å². The van der Waals surface area contributed by atoms with Gasteiger partial charge in [0.2, 0.25) is 0 Å². The molecule has 0 fully saturated rings. The quantitative estimate of drug-likeness (QED) is 0.598. The van der Waals surface area contributed by atoms with E-state index >= 15 is 0 Å². The summed E-state index contributed by atoms with van der Waals surface area (Å²) in [6.07, 6.45) is 15.6. The SMILES string of the molecule is C/C=C(\Nc1ccc(C)cc1)C1(C)C=CC=CC1.CC.CNCc1cccnc1. The lowest BCUT2D eigenvalue weighted by atomic mass is 9.80. The normalized spacial score (nSPS) is 17.5. The molecule has 156 valence electrons. The molecule has 29 heavy (non-hydrogen) atoms. The standard InChI is InChI=1S/C17H21N.C7H10N2.C2H6/c1-4-16(17(3)12-6-5-7-13-17)18-15-10-8-14(2)9-11-15;1-8-5-7-3-2-4-9-6-7;1-2/h4-12,18H,13H2,1-3H3;2-4,6,8H,5H2,1H3;1-2H3/b16-4-;;. The summed E-state index contributed by atoms with van der Waals surface area (Å²) in [5.74, 6) is 0. The molecule has 1 unspecified atom stereocenters. The van der Waals surface area contributed by atoms with Crippen molar-refractivity contribution in [1.29, 1.82) is 0 Å². The van der Waals surface area contributed by atoms with E-state index in [-0.39, 0.29) is 5.41 Å². The minimum Gasteiger partial charge on any atom is -0.358 e. The van der Waals surface area contributed by atoms with E-state index in [1.807, 2.05) is 39.2 Å². The van der Waals surface area contributed by atoms with Crippen molar-refractivity contribution in [3.05, 3.63) is 96.0 Å². The van der Waals surface area contributed by atoms with Gasteiger partial charge in [0.1, 0.15) is 0 Å². The van der Waals surface area contributed by atoms with E-state index in [9.17, 15) is 0 Å². The summed E-state index contributed by atoms with van der Waals surface area (Å²) in [5, 5.41) is 6.59. The second-order valence-electron chi connectivity index (χ2n) is 6.99. The Hall–Kier alpha value is -2.65. The van der Waals surface area contributed by atoms with E-state index in [1.54, 1.807) is 6.20 Å². The van der Waals surface area contributed by atoms with Gasteiger partial charge >= 0.3 is 0 Å². The fourth-order valence-corrected chi connectivity index (χ4v) is 2.97. The smallest absolute Gasteiger partial charge is 0.0382 e. The lowest BCUT2D eigenvalue weighted by Gasteiger charge is -2.30. The van der Waals surface area contributed by atoms with Gasteiger partial charge in [-0.05, 0) is 51.1 Å². The van der Waals surface area contributed by atoms with Crippen molar-refractivity contribution in [1.82, 2.24) is 10.3 Å². The highest BCUT2D eigenvalue weighted by Crippen LogP contribution is 2.35. The van der Waals surface area contributed by atoms with Crippen molar-refractivity contribution >= 4 is 5.69 Å². The van der Waals surface area contributed by atoms with Crippen molar-refractivity contribution < 1.29 is 0 Å². The molecular weight excluding hydrogens is 354 g/mol. The minimum absolute atomic E-state index is 0.0778. The van der Waals surface area contributed by atoms with Crippen LogP contribution in [0, 0.1) is 12.3 Å². The number of rotatable bonds is 5. The van der Waals surface area contributed by atoms with Crippen LogP contribution in [0.5, 0.6) is 0 Å². The van der Waals surface area contributed by atoms with Crippen LogP contribution in [0.3, 0.4) is 0 Å². The number of aromatic nitrogens is 1. The van der Waals surface area contributed by atoms with E-state index in [2.05, 4.69) is 91.0 Å². The first kappa shape index (κ1) is 24.4. The number of benzene rings is 1. The molecule has 1 aromatic heterocycles. The molecule has 3 rings (SSSR count). The largest absolute Gasteiger partial charge is 0.358 e. The van der Waals surface area contributed by atoms with Gasteiger partial charge in [0, 0.05) is 35.7 Å². The van der Waals surface area contributed by atoms with Gasteiger partial charge < -0.3 is 10.6 Å². The third kappa shape index (κ3) is 8.49. The van der Waals surface area contributed by atoms with Gasteiger partial charge in [0.15, 0.2) is 0 Å². The van der Waals surface area contributed by atoms with Crippen LogP contribution in [0.4, 0.5) is 5.69 Å². The Morgan fingerprint density at radius 3 is 2.38 bits per heavy atom. The highest BCUT2D eigenvalue weighted by Gasteiger charge is 2.25. The maximum absolute atomic E-state index is 3.96. The van der Waals surface area contributed by atoms with E-state index in [0.29, 0.717) is 0 Å². The third-order valence-electron chi connectivity index (χ3n) is 4.59. The molecule has 1 atom stereocenters. The summed E-state index contributed by atoms with van der Waals surface area (Å²) in [5.41, 5.74) is 4.99. The monoisotopic (exact) mass is 391 g/mol. The molecule has 0 amide bonds. The van der Waals surface area contributed by atoms with Gasteiger partial charge in [-0.15, -0.1) is 0 Å². The zero-order valence-corrected chi connectivity index (χ0v) is 18.9. The third-order valence-corrected chi connectivity index (χ3v) is 4.59. The Balaban J connectivity index is 0.000000321. The summed E-state index contributed by atoms with van der Waals surface area (Å²) in [6.45, 7) is 11.4. The predicted molar refractivity (Wildman–Crippen MR) is 128 cm³/mol. The van der Waals surface area contributed by atoms with Gasteiger partial charge in [0.25, 0.3) is 0 Å². The second-order valence-corrected chi connectivity index (χ2v) is 6.99. The van der Waals surface area contributed by atoms with Crippen LogP contribution in [0.25, 0.3) is 0 Å². The van der Waals surface area contributed by atoms with Crippen molar-refractivity contribution in [2.45, 2.75) is 47.6 Å². The van der Waals surface area contributed by atoms with Crippen molar-refractivity contribution in [2.75, 3.05) is 12.4 Å². The molecule has 1 heterocycles. The van der Waals surface area contributed by atoms with Crippen LogP contribution in [-0.2, 0) is 6.54 Å². The average Bonchev–Trinajstić information content (AvgIpc) is 2.76. The van der Waals surface area contributed by atoms with Crippen LogP contribution in [0.2, 0.25) is 0 Å². The Labute approximate surface area is 177 Å². The fraction of sp³-hybridized carbons (Fsp3) is 0.346. The van der Waals surface area contributed by atoms with Gasteiger partial charge in [-0.3, -0.25) is 4.98 Å². The number of nitrogens with zero attached hydrogens (tertiary/aromatic N) is 1. The van der Waals surface area contributed by atoms with Crippen molar-refractivity contribution in [3.8, 4) is 0 Å². The molecule has 1 aromatic carbocycles. The molecule has 1 aliphatic carbocycles. The van der Waals surface area contributed by atoms with E-state index in [4.69, 9.17) is 0 Å². The van der Waals surface area contributed by atoms with Crippen LogP contribution in [-0.4, -0.2) is 12.0 Å². The summed E-state index contributed by atoms with van der Waals surface area (Å²) in [4.78, 5) is 3.96. The summed E-state index contributed by atoms with van der Waals surface area (Å²) in [7, 11) is 1.92. The Bertz CT molecular complexity index is 773. The molecule has 0 radical (unpaired) electrons. The molecule has 0 spiro atoms. The molecule has 1 aliphatic rings. The highest BCUT2D eigenvalue weighted by atomic mass is 14.9. The number of anilines is 1. The Morgan fingerprint density at radius 2 is 1.86 bits per heavy atom. The summed E-state index contributed by atoms with van der Waals surface area (Å²) < 4.78 is 0. The minimum atomic E-state index is 0.0778. The van der Waals surface area contributed by atoms with E-state index < -0.39 is 0 Å². The molecule has 0 saturated heterocycles. The number of pyridine rings is 1. The van der Waals surface area contributed by atoms with E-state index in [1.165, 1.54) is 16.8 Å². The van der Waals surface area contributed by atoms with Crippen molar-refractivity contribution in [2.24, 2.45) is 5.41 Å². The van der Waals surface area contributed by atoms with Crippen LogP contribution < -0.4 is 10.6 Å². The molecule has 3 nitrogen and oxygen atoms in total. The number of hydrogen-bond donors (Lipinski definition) is 2. The number of allylic oxidation sites excluding steroid dienone is 5. The lowest BCUT2D eigenvalue weighted by molar-refractivity contribution is 0.520. The molecule has 2 aromatic rings. The summed E-state index contributed by atoms with van der Waals surface area (Å²) >= 11 is 0. The zero-order valence-electron chi connectivity index (χ0n) is 18.9. The van der Waals surface area contributed by atoms with Crippen molar-refractivity contribution in [3.63, 3.8) is 0 Å². The molecule has 0 saturated carbocycles. The first-order valence-electron chi connectivity index (χ1n) is 10.5. The van der Waals surface area contributed by atoms with Gasteiger partial charge in [0.05, 0.1) is 0 Å². The lowest BCUT2D eigenvalue weighted by Crippen LogP contribution is -2.22. The fourth-order valence-electron chi connectivity index (χ4n) is 2.97. The highest BCUT2D eigenvalue weighted by molar-refractivity contribution is 5.51. The van der Waals surface area contributed by atoms with Gasteiger partial charge in [-0.2, -0.15) is 0 Å². The topological polar surface area (TPSA) is 37.0 Å². The van der Waals surface area contributed by atoms with E-state index in [0.717, 1.165) is 18.7 Å². The number of nitrogens with one attached hydrogen (secondary N) is 2. The molecule has 3 heteroatoms. The van der Waals surface area contributed by atoms with Gasteiger partial charge in [-0.25, -0.2) is 0 Å². The first-order valence-corrected chi connectivity index (χ1v) is 10.5. The first-order chi connectivity index (χ1) is 14.1. The average molecular weight is 392 g/mol. The molecule has 0 bridgehead atoms. The van der Waals surface area contributed by atoms with Crippen LogP contribution in [0.1, 0.15) is 45.2 Å². The second kappa shape index (κ2) is 13.5. The molecular formula is C26H37N3. The Kier molecular flexibility index (Phi) is 11.4.